The Labute approximate surface area is 177 Å². The van der Waals surface area contributed by atoms with Crippen LogP contribution in [-0.2, 0) is 10.2 Å². The van der Waals surface area contributed by atoms with E-state index in [2.05, 4.69) is 27.1 Å². The Morgan fingerprint density at radius 1 is 1.13 bits per heavy atom. The molecule has 1 aromatic heterocycles. The molecule has 0 spiro atoms. The lowest BCUT2D eigenvalue weighted by molar-refractivity contribution is -0.136. The zero-order valence-corrected chi connectivity index (χ0v) is 17.5. The second kappa shape index (κ2) is 7.69. The largest absolute Gasteiger partial charge is 0.497 e. The minimum atomic E-state index is -0.440. The van der Waals surface area contributed by atoms with E-state index < -0.39 is 11.5 Å². The van der Waals surface area contributed by atoms with Crippen LogP contribution in [0.1, 0.15) is 50.1 Å². The predicted octanol–water partition coefficient (Wildman–Crippen LogP) is 2.57. The highest BCUT2D eigenvalue weighted by atomic mass is 16.5. The highest BCUT2D eigenvalue weighted by Crippen LogP contribution is 2.46. The number of carbonyl (C=O) groups is 1. The van der Waals surface area contributed by atoms with Crippen LogP contribution in [-0.4, -0.2) is 57.0 Å². The van der Waals surface area contributed by atoms with E-state index in [0.717, 1.165) is 56.5 Å². The van der Waals surface area contributed by atoms with Crippen LogP contribution in [0.2, 0.25) is 0 Å². The van der Waals surface area contributed by atoms with Crippen molar-refractivity contribution in [3.63, 3.8) is 0 Å². The van der Waals surface area contributed by atoms with Gasteiger partial charge in [0.05, 0.1) is 24.7 Å². The second-order valence-electron chi connectivity index (χ2n) is 9.23. The van der Waals surface area contributed by atoms with Crippen LogP contribution in [0.3, 0.4) is 0 Å². The molecule has 0 unspecified atom stereocenters. The van der Waals surface area contributed by atoms with Gasteiger partial charge in [-0.15, -0.1) is 0 Å². The summed E-state index contributed by atoms with van der Waals surface area (Å²) in [7, 11) is 1.67. The van der Waals surface area contributed by atoms with Crippen LogP contribution in [0.15, 0.2) is 36.9 Å². The molecule has 1 N–H and O–H groups in total. The summed E-state index contributed by atoms with van der Waals surface area (Å²) in [6, 6.07) is 8.01. The summed E-state index contributed by atoms with van der Waals surface area (Å²) in [5.74, 6) is 1.85. The van der Waals surface area contributed by atoms with Gasteiger partial charge in [-0.05, 0) is 55.2 Å². The molecule has 160 valence electrons. The lowest BCUT2D eigenvalue weighted by Crippen LogP contribution is -2.44. The number of benzene rings is 1. The summed E-state index contributed by atoms with van der Waals surface area (Å²) in [6.07, 6.45) is 8.32. The number of nitrogens with zero attached hydrogens (tertiary/aromatic N) is 4. The van der Waals surface area contributed by atoms with Gasteiger partial charge in [0.2, 0.25) is 5.91 Å². The number of carbonyl (C=O) groups excluding carboxylic acids is 1. The summed E-state index contributed by atoms with van der Waals surface area (Å²) in [6.45, 7) is 1.53. The molecular formula is C23H30N4O3. The SMILES string of the molecule is COc1ccc(C2(C(=O)N3C[C@H]4C[C@@H](n5cncn5)[C@H](O)C[C@H]4C3)CCCC2)cc1. The van der Waals surface area contributed by atoms with Crippen molar-refractivity contribution in [1.82, 2.24) is 19.7 Å². The first-order valence-corrected chi connectivity index (χ1v) is 11.1. The minimum Gasteiger partial charge on any atom is -0.497 e. The van der Waals surface area contributed by atoms with Gasteiger partial charge in [0.1, 0.15) is 18.4 Å². The second-order valence-corrected chi connectivity index (χ2v) is 9.23. The van der Waals surface area contributed by atoms with Crippen molar-refractivity contribution in [3.05, 3.63) is 42.5 Å². The Balaban J connectivity index is 1.36. The van der Waals surface area contributed by atoms with E-state index >= 15 is 0 Å². The predicted molar refractivity (Wildman–Crippen MR) is 111 cm³/mol. The molecule has 0 bridgehead atoms. The first kappa shape index (κ1) is 19.5. The maximum Gasteiger partial charge on any atom is 0.233 e. The highest BCUT2D eigenvalue weighted by molar-refractivity contribution is 5.89. The smallest absolute Gasteiger partial charge is 0.233 e. The van der Waals surface area contributed by atoms with Crippen molar-refractivity contribution >= 4 is 5.91 Å². The van der Waals surface area contributed by atoms with Crippen LogP contribution in [0.4, 0.5) is 0 Å². The number of aromatic nitrogens is 3. The molecule has 2 aliphatic carbocycles. The van der Waals surface area contributed by atoms with E-state index in [1.807, 2.05) is 12.1 Å². The van der Waals surface area contributed by atoms with Crippen molar-refractivity contribution < 1.29 is 14.6 Å². The van der Waals surface area contributed by atoms with Gasteiger partial charge < -0.3 is 14.7 Å². The van der Waals surface area contributed by atoms with Crippen molar-refractivity contribution in [3.8, 4) is 5.75 Å². The number of methoxy groups -OCH3 is 1. The van der Waals surface area contributed by atoms with E-state index in [-0.39, 0.29) is 11.9 Å². The van der Waals surface area contributed by atoms with Gasteiger partial charge >= 0.3 is 0 Å². The van der Waals surface area contributed by atoms with Gasteiger partial charge in [0.15, 0.2) is 0 Å². The van der Waals surface area contributed by atoms with E-state index in [0.29, 0.717) is 18.3 Å². The first-order valence-electron chi connectivity index (χ1n) is 11.1. The number of hydrogen-bond acceptors (Lipinski definition) is 5. The summed E-state index contributed by atoms with van der Waals surface area (Å²) >= 11 is 0. The summed E-state index contributed by atoms with van der Waals surface area (Å²) in [5, 5.41) is 14.9. The van der Waals surface area contributed by atoms with Gasteiger partial charge in [0, 0.05) is 13.1 Å². The molecule has 2 aromatic rings. The number of ether oxygens (including phenoxy) is 1. The number of rotatable bonds is 4. The number of aliphatic hydroxyl groups is 1. The van der Waals surface area contributed by atoms with Crippen molar-refractivity contribution in [2.45, 2.75) is 56.1 Å². The van der Waals surface area contributed by atoms with E-state index in [9.17, 15) is 9.90 Å². The normalized spacial score (nSPS) is 30.3. The molecule has 3 fully saturated rings. The Morgan fingerprint density at radius 2 is 1.83 bits per heavy atom. The molecule has 3 aliphatic rings. The minimum absolute atomic E-state index is 0.0502. The molecule has 2 heterocycles. The molecule has 0 radical (unpaired) electrons. The third kappa shape index (κ3) is 3.20. The fourth-order valence-electron chi connectivity index (χ4n) is 6.06. The number of aliphatic hydroxyl groups excluding tert-OH is 1. The van der Waals surface area contributed by atoms with Gasteiger partial charge in [0.25, 0.3) is 0 Å². The number of fused-ring (bicyclic) bond motifs is 1. The maximum atomic E-state index is 13.9. The summed E-state index contributed by atoms with van der Waals surface area (Å²) in [5.41, 5.74) is 0.699. The molecule has 1 amide bonds. The van der Waals surface area contributed by atoms with Crippen molar-refractivity contribution in [1.29, 1.82) is 0 Å². The average Bonchev–Trinajstić information content (AvgIpc) is 3.53. The zero-order valence-electron chi connectivity index (χ0n) is 17.5. The van der Waals surface area contributed by atoms with E-state index in [1.54, 1.807) is 18.1 Å². The molecule has 7 nitrogen and oxygen atoms in total. The number of amides is 1. The third-order valence-corrected chi connectivity index (χ3v) is 7.68. The fourth-order valence-corrected chi connectivity index (χ4v) is 6.06. The number of hydrogen-bond donors (Lipinski definition) is 1. The fraction of sp³-hybridized carbons (Fsp3) is 0.609. The summed E-state index contributed by atoms with van der Waals surface area (Å²) in [4.78, 5) is 20.0. The lowest BCUT2D eigenvalue weighted by atomic mass is 9.77. The van der Waals surface area contributed by atoms with Gasteiger partial charge in [-0.25, -0.2) is 9.67 Å². The number of likely N-dealkylation sites (tertiary alicyclic amines) is 1. The van der Waals surface area contributed by atoms with Crippen molar-refractivity contribution in [2.75, 3.05) is 20.2 Å². The lowest BCUT2D eigenvalue weighted by Gasteiger charge is -2.34. The molecular weight excluding hydrogens is 380 g/mol. The van der Waals surface area contributed by atoms with Crippen LogP contribution < -0.4 is 4.74 Å². The van der Waals surface area contributed by atoms with Gasteiger partial charge in [-0.3, -0.25) is 4.79 Å². The van der Waals surface area contributed by atoms with Crippen LogP contribution in [0.25, 0.3) is 0 Å². The highest BCUT2D eigenvalue weighted by Gasteiger charge is 2.50. The molecule has 30 heavy (non-hydrogen) atoms. The molecule has 1 aliphatic heterocycles. The quantitative estimate of drug-likeness (QED) is 0.838. The average molecular weight is 411 g/mol. The Morgan fingerprint density at radius 3 is 2.47 bits per heavy atom. The van der Waals surface area contributed by atoms with Gasteiger partial charge in [-0.1, -0.05) is 25.0 Å². The van der Waals surface area contributed by atoms with Crippen LogP contribution in [0.5, 0.6) is 5.75 Å². The van der Waals surface area contributed by atoms with E-state index in [1.165, 1.54) is 6.33 Å². The molecule has 5 rings (SSSR count). The first-order chi connectivity index (χ1) is 14.6. The Hall–Kier alpha value is -2.41. The van der Waals surface area contributed by atoms with Gasteiger partial charge in [-0.2, -0.15) is 5.10 Å². The standard InChI is InChI=1S/C23H30N4O3/c1-30-19-6-4-18(5-7-19)23(8-2-3-9-23)22(29)26-12-16-10-20(27-15-24-14-25-27)21(28)11-17(16)13-26/h4-7,14-17,20-21,28H,2-3,8-13H2,1H3/t16-,17+,20-,21-/m1/s1. The van der Waals surface area contributed by atoms with Crippen LogP contribution >= 0.6 is 0 Å². The van der Waals surface area contributed by atoms with Crippen molar-refractivity contribution in [2.24, 2.45) is 11.8 Å². The molecule has 2 saturated carbocycles. The summed E-state index contributed by atoms with van der Waals surface area (Å²) < 4.78 is 7.09. The maximum absolute atomic E-state index is 13.9. The van der Waals surface area contributed by atoms with Crippen LogP contribution in [0, 0.1) is 11.8 Å². The third-order valence-electron chi connectivity index (χ3n) is 7.68. The van der Waals surface area contributed by atoms with E-state index in [4.69, 9.17) is 4.74 Å². The zero-order chi connectivity index (χ0) is 20.7. The Bertz CT molecular complexity index is 876. The topological polar surface area (TPSA) is 80.5 Å². The molecule has 4 atom stereocenters. The molecule has 1 saturated heterocycles. The Kier molecular flexibility index (Phi) is 5.01. The molecule has 7 heteroatoms. The molecule has 1 aromatic carbocycles. The monoisotopic (exact) mass is 410 g/mol.